The van der Waals surface area contributed by atoms with Crippen LogP contribution in [0.25, 0.3) is 0 Å². The molecule has 4 nitrogen and oxygen atoms in total. The van der Waals surface area contributed by atoms with Gasteiger partial charge in [0.1, 0.15) is 5.60 Å². The third kappa shape index (κ3) is 3.07. The van der Waals surface area contributed by atoms with E-state index >= 15 is 0 Å². The predicted molar refractivity (Wildman–Crippen MR) is 84.6 cm³/mol. The van der Waals surface area contributed by atoms with E-state index < -0.39 is 0 Å². The molecule has 1 saturated carbocycles. The Morgan fingerprint density at radius 1 is 1.23 bits per heavy atom. The quantitative estimate of drug-likeness (QED) is 0.801. The standard InChI is InChI=1S/C18H24N2O2/c1-3-21-18(11-7-8-12-18)17-19-16(20-22-17)13-14(2)15-9-5-4-6-10-15/h4-6,9-10,14H,3,7-8,11-13H2,1-2H3. The molecule has 0 saturated heterocycles. The molecule has 0 N–H and O–H groups in total. The molecule has 1 aromatic carbocycles. The van der Waals surface area contributed by atoms with Gasteiger partial charge in [-0.05, 0) is 44.1 Å². The highest BCUT2D eigenvalue weighted by molar-refractivity contribution is 5.19. The van der Waals surface area contributed by atoms with E-state index in [1.807, 2.05) is 13.0 Å². The van der Waals surface area contributed by atoms with Gasteiger partial charge in [-0.15, -0.1) is 0 Å². The number of nitrogens with zero attached hydrogens (tertiary/aromatic N) is 2. The van der Waals surface area contributed by atoms with Gasteiger partial charge >= 0.3 is 0 Å². The normalized spacial score (nSPS) is 18.5. The number of aromatic nitrogens is 2. The van der Waals surface area contributed by atoms with E-state index in [1.165, 1.54) is 5.56 Å². The van der Waals surface area contributed by atoms with Crippen LogP contribution in [0, 0.1) is 0 Å². The van der Waals surface area contributed by atoms with Gasteiger partial charge in [0.05, 0.1) is 0 Å². The first kappa shape index (κ1) is 15.2. The Morgan fingerprint density at radius 2 is 1.95 bits per heavy atom. The third-order valence-electron chi connectivity index (χ3n) is 4.55. The maximum Gasteiger partial charge on any atom is 0.258 e. The van der Waals surface area contributed by atoms with E-state index in [1.54, 1.807) is 0 Å². The van der Waals surface area contributed by atoms with E-state index in [0.717, 1.165) is 37.9 Å². The average Bonchev–Trinajstić information content (AvgIpc) is 3.19. The topological polar surface area (TPSA) is 48.2 Å². The molecular weight excluding hydrogens is 276 g/mol. The van der Waals surface area contributed by atoms with Gasteiger partial charge in [0, 0.05) is 13.0 Å². The van der Waals surface area contributed by atoms with E-state index in [0.29, 0.717) is 18.4 Å². The van der Waals surface area contributed by atoms with Crippen molar-refractivity contribution in [2.75, 3.05) is 6.61 Å². The molecule has 2 aromatic rings. The Morgan fingerprint density at radius 3 is 2.64 bits per heavy atom. The second kappa shape index (κ2) is 6.61. The summed E-state index contributed by atoms with van der Waals surface area (Å²) in [6.45, 7) is 4.90. The molecule has 1 heterocycles. The molecule has 1 aliphatic rings. The van der Waals surface area contributed by atoms with Gasteiger partial charge in [0.25, 0.3) is 5.89 Å². The molecule has 1 unspecified atom stereocenters. The highest BCUT2D eigenvalue weighted by Crippen LogP contribution is 2.41. The summed E-state index contributed by atoms with van der Waals surface area (Å²) in [4.78, 5) is 4.65. The van der Waals surface area contributed by atoms with Gasteiger partial charge in [-0.25, -0.2) is 0 Å². The van der Waals surface area contributed by atoms with Crippen molar-refractivity contribution >= 4 is 0 Å². The van der Waals surface area contributed by atoms with E-state index in [-0.39, 0.29) is 5.60 Å². The molecule has 1 aliphatic carbocycles. The molecule has 1 fully saturated rings. The SMILES string of the molecule is CCOC1(c2nc(CC(C)c3ccccc3)no2)CCCC1. The van der Waals surface area contributed by atoms with Crippen LogP contribution in [0.3, 0.4) is 0 Å². The third-order valence-corrected chi connectivity index (χ3v) is 4.55. The Bertz CT molecular complexity index is 588. The molecule has 118 valence electrons. The number of hydrogen-bond acceptors (Lipinski definition) is 4. The average molecular weight is 300 g/mol. The van der Waals surface area contributed by atoms with Crippen molar-refractivity contribution in [3.05, 3.63) is 47.6 Å². The van der Waals surface area contributed by atoms with Crippen LogP contribution < -0.4 is 0 Å². The van der Waals surface area contributed by atoms with E-state index in [9.17, 15) is 0 Å². The maximum atomic E-state index is 5.98. The highest BCUT2D eigenvalue weighted by Gasteiger charge is 2.41. The van der Waals surface area contributed by atoms with Crippen LogP contribution in [0.2, 0.25) is 0 Å². The molecule has 0 spiro atoms. The smallest absolute Gasteiger partial charge is 0.258 e. The second-order valence-corrected chi connectivity index (χ2v) is 6.17. The largest absolute Gasteiger partial charge is 0.365 e. The molecule has 1 atom stereocenters. The molecule has 0 radical (unpaired) electrons. The molecule has 0 aliphatic heterocycles. The minimum absolute atomic E-state index is 0.337. The lowest BCUT2D eigenvalue weighted by atomic mass is 9.97. The van der Waals surface area contributed by atoms with Crippen LogP contribution in [0.15, 0.2) is 34.9 Å². The first-order chi connectivity index (χ1) is 10.7. The predicted octanol–water partition coefficient (Wildman–Crippen LogP) is 4.22. The zero-order chi connectivity index (χ0) is 15.4. The molecule has 22 heavy (non-hydrogen) atoms. The van der Waals surface area contributed by atoms with Crippen molar-refractivity contribution in [1.82, 2.24) is 10.1 Å². The summed E-state index contributed by atoms with van der Waals surface area (Å²) in [7, 11) is 0. The fourth-order valence-corrected chi connectivity index (χ4v) is 3.34. The van der Waals surface area contributed by atoms with E-state index in [4.69, 9.17) is 9.26 Å². The molecule has 0 bridgehead atoms. The summed E-state index contributed by atoms with van der Waals surface area (Å²) in [6, 6.07) is 10.5. The Balaban J connectivity index is 1.73. The van der Waals surface area contributed by atoms with Crippen LogP contribution in [0.5, 0.6) is 0 Å². The van der Waals surface area contributed by atoms with Crippen molar-refractivity contribution in [3.63, 3.8) is 0 Å². The number of hydrogen-bond donors (Lipinski definition) is 0. The summed E-state index contributed by atoms with van der Waals surface area (Å²) in [5, 5.41) is 4.19. The van der Waals surface area contributed by atoms with Crippen LogP contribution >= 0.6 is 0 Å². The fraction of sp³-hybridized carbons (Fsp3) is 0.556. The van der Waals surface area contributed by atoms with Gasteiger partial charge in [0.15, 0.2) is 5.82 Å². The molecule has 4 heteroatoms. The summed E-state index contributed by atoms with van der Waals surface area (Å²) >= 11 is 0. The van der Waals surface area contributed by atoms with E-state index in [2.05, 4.69) is 41.3 Å². The molecule has 0 amide bonds. The van der Waals surface area contributed by atoms with Crippen molar-refractivity contribution in [2.45, 2.75) is 57.5 Å². The van der Waals surface area contributed by atoms with Crippen molar-refractivity contribution in [3.8, 4) is 0 Å². The molecular formula is C18H24N2O2. The second-order valence-electron chi connectivity index (χ2n) is 6.17. The van der Waals surface area contributed by atoms with Crippen molar-refractivity contribution in [1.29, 1.82) is 0 Å². The number of rotatable bonds is 6. The summed E-state index contributed by atoms with van der Waals surface area (Å²) < 4.78 is 11.5. The first-order valence-corrected chi connectivity index (χ1v) is 8.25. The lowest BCUT2D eigenvalue weighted by Crippen LogP contribution is -2.26. The van der Waals surface area contributed by atoms with Crippen LogP contribution in [-0.2, 0) is 16.8 Å². The lowest BCUT2D eigenvalue weighted by Gasteiger charge is -2.24. The van der Waals surface area contributed by atoms with Crippen LogP contribution in [-0.4, -0.2) is 16.7 Å². The van der Waals surface area contributed by atoms with Gasteiger partial charge < -0.3 is 9.26 Å². The van der Waals surface area contributed by atoms with Crippen LogP contribution in [0.4, 0.5) is 0 Å². The summed E-state index contributed by atoms with van der Waals surface area (Å²) in [5.74, 6) is 1.82. The first-order valence-electron chi connectivity index (χ1n) is 8.25. The highest BCUT2D eigenvalue weighted by atomic mass is 16.5. The monoisotopic (exact) mass is 300 g/mol. The summed E-state index contributed by atoms with van der Waals surface area (Å²) in [5.41, 5.74) is 0.963. The fourth-order valence-electron chi connectivity index (χ4n) is 3.34. The Kier molecular flexibility index (Phi) is 4.57. The maximum absolute atomic E-state index is 5.98. The van der Waals surface area contributed by atoms with Gasteiger partial charge in [-0.3, -0.25) is 0 Å². The van der Waals surface area contributed by atoms with Crippen LogP contribution in [0.1, 0.15) is 62.7 Å². The molecule has 1 aromatic heterocycles. The minimum Gasteiger partial charge on any atom is -0.365 e. The van der Waals surface area contributed by atoms with Crippen molar-refractivity contribution in [2.24, 2.45) is 0 Å². The van der Waals surface area contributed by atoms with Gasteiger partial charge in [-0.2, -0.15) is 4.98 Å². The lowest BCUT2D eigenvalue weighted by molar-refractivity contribution is -0.0610. The summed E-state index contributed by atoms with van der Waals surface area (Å²) in [6.07, 6.45) is 5.08. The van der Waals surface area contributed by atoms with Gasteiger partial charge in [0.2, 0.25) is 0 Å². The molecule has 3 rings (SSSR count). The Labute approximate surface area is 131 Å². The number of ether oxygens (including phenoxy) is 1. The zero-order valence-electron chi connectivity index (χ0n) is 13.4. The van der Waals surface area contributed by atoms with Crippen molar-refractivity contribution < 1.29 is 9.26 Å². The minimum atomic E-state index is -0.337. The number of benzene rings is 1. The zero-order valence-corrected chi connectivity index (χ0v) is 13.4. The Hall–Kier alpha value is -1.68. The van der Waals surface area contributed by atoms with Gasteiger partial charge in [-0.1, -0.05) is 42.4 Å².